The monoisotopic (exact) mass is 523 g/mol. The van der Waals surface area contributed by atoms with Crippen LogP contribution in [0, 0.1) is 5.82 Å². The Bertz CT molecular complexity index is 1390. The molecule has 38 heavy (non-hydrogen) atoms. The predicted octanol–water partition coefficient (Wildman–Crippen LogP) is 2.97. The van der Waals surface area contributed by atoms with Crippen LogP contribution in [0.4, 0.5) is 10.2 Å². The molecule has 2 saturated heterocycles. The summed E-state index contributed by atoms with van der Waals surface area (Å²) in [6.07, 6.45) is 4.50. The number of rotatable bonds is 7. The first-order chi connectivity index (χ1) is 18.2. The lowest BCUT2D eigenvalue weighted by Crippen LogP contribution is -2.62. The molecule has 7 rings (SSSR count). The van der Waals surface area contributed by atoms with E-state index in [-0.39, 0.29) is 35.6 Å². The largest absolute Gasteiger partial charge is 0.481 e. The fraction of sp³-hybridized carbons (Fsp3) is 0.481. The molecule has 2 bridgehead atoms. The third-order valence-electron chi connectivity index (χ3n) is 8.01. The summed E-state index contributed by atoms with van der Waals surface area (Å²) in [6.45, 7) is 2.59. The summed E-state index contributed by atoms with van der Waals surface area (Å²) in [4.78, 5) is 24.7. The molecule has 1 amide bonds. The quantitative estimate of drug-likeness (QED) is 0.428. The standard InChI is InChI=1S/C27H30FN5O5/c1-25(35,22-17(28)12-29-18-4-6-21(36-2)33-23(18)22)14-27-9-7-26(8-10-27,15-38-27)30-11-16-3-5-19-24(31-16)32-20(34)13-37-19/h3-6,12,30,35H,7-11,13-15H2,1-2H3,(H,31,32,34). The van der Waals surface area contributed by atoms with E-state index in [1.165, 1.54) is 7.11 Å². The molecule has 4 aliphatic rings. The second kappa shape index (κ2) is 9.11. The molecule has 3 fully saturated rings. The van der Waals surface area contributed by atoms with Gasteiger partial charge in [0.05, 0.1) is 42.3 Å². The van der Waals surface area contributed by atoms with Crippen molar-refractivity contribution in [3.05, 3.63) is 47.5 Å². The number of hydrogen-bond acceptors (Lipinski definition) is 9. The molecular weight excluding hydrogens is 493 g/mol. The van der Waals surface area contributed by atoms with Crippen molar-refractivity contribution in [1.29, 1.82) is 0 Å². The Kier molecular flexibility index (Phi) is 5.97. The van der Waals surface area contributed by atoms with Crippen LogP contribution in [0.5, 0.6) is 11.6 Å². The SMILES string of the molecule is COc1ccc2ncc(F)c(C(C)(O)CC34CCC(NCc5ccc6c(n5)NC(=O)CO6)(CC3)CO4)c2n1. The Hall–Kier alpha value is -3.41. The van der Waals surface area contributed by atoms with Crippen molar-refractivity contribution in [2.45, 2.75) is 62.3 Å². The third-order valence-corrected chi connectivity index (χ3v) is 8.01. The van der Waals surface area contributed by atoms with Crippen molar-refractivity contribution < 1.29 is 28.5 Å². The Balaban J connectivity index is 1.16. The second-order valence-electron chi connectivity index (χ2n) is 10.7. The first-order valence-electron chi connectivity index (χ1n) is 12.7. The van der Waals surface area contributed by atoms with Crippen molar-refractivity contribution in [3.63, 3.8) is 0 Å². The Labute approximate surface area is 218 Å². The minimum atomic E-state index is -1.53. The van der Waals surface area contributed by atoms with E-state index in [1.807, 2.05) is 12.1 Å². The van der Waals surface area contributed by atoms with Crippen molar-refractivity contribution in [1.82, 2.24) is 20.3 Å². The molecule has 10 nitrogen and oxygen atoms in total. The first-order valence-corrected chi connectivity index (χ1v) is 12.7. The maximum atomic E-state index is 15.1. The number of hydrogen-bond donors (Lipinski definition) is 3. The van der Waals surface area contributed by atoms with E-state index in [2.05, 4.69) is 25.6 Å². The van der Waals surface area contributed by atoms with E-state index in [0.29, 0.717) is 36.1 Å². The molecule has 3 N–H and O–H groups in total. The number of ether oxygens (including phenoxy) is 3. The molecule has 3 aliphatic heterocycles. The number of anilines is 1. The minimum absolute atomic E-state index is 0.00388. The summed E-state index contributed by atoms with van der Waals surface area (Å²) in [7, 11) is 1.49. The van der Waals surface area contributed by atoms with Gasteiger partial charge in [0.25, 0.3) is 5.91 Å². The lowest BCUT2D eigenvalue weighted by Gasteiger charge is -2.55. The van der Waals surface area contributed by atoms with Crippen molar-refractivity contribution in [2.75, 3.05) is 25.6 Å². The average Bonchev–Trinajstić information content (AvgIpc) is 2.91. The Morgan fingerprint density at radius 3 is 2.76 bits per heavy atom. The highest BCUT2D eigenvalue weighted by molar-refractivity contribution is 5.94. The summed E-state index contributed by atoms with van der Waals surface area (Å²) in [5.74, 6) is 0.496. The molecular formula is C27H30FN5O5. The van der Waals surface area contributed by atoms with Gasteiger partial charge in [-0.1, -0.05) is 0 Å². The van der Waals surface area contributed by atoms with Crippen LogP contribution in [0.2, 0.25) is 0 Å². The first kappa shape index (κ1) is 24.9. The van der Waals surface area contributed by atoms with E-state index in [0.717, 1.165) is 37.6 Å². The van der Waals surface area contributed by atoms with Crippen molar-refractivity contribution >= 4 is 22.8 Å². The van der Waals surface area contributed by atoms with E-state index < -0.39 is 17.0 Å². The second-order valence-corrected chi connectivity index (χ2v) is 10.7. The van der Waals surface area contributed by atoms with Crippen LogP contribution in [-0.4, -0.2) is 57.4 Å². The highest BCUT2D eigenvalue weighted by atomic mass is 19.1. The van der Waals surface area contributed by atoms with Gasteiger partial charge in [0.15, 0.2) is 18.2 Å². The van der Waals surface area contributed by atoms with Crippen LogP contribution in [0.15, 0.2) is 30.5 Å². The Morgan fingerprint density at radius 1 is 1.21 bits per heavy atom. The molecule has 3 aromatic heterocycles. The zero-order chi connectivity index (χ0) is 26.5. The molecule has 0 radical (unpaired) electrons. The number of nitrogens with zero attached hydrogens (tertiary/aromatic N) is 3. The maximum Gasteiger partial charge on any atom is 0.263 e. The van der Waals surface area contributed by atoms with Gasteiger partial charge in [-0.25, -0.2) is 14.4 Å². The average molecular weight is 524 g/mol. The summed E-state index contributed by atoms with van der Waals surface area (Å²) < 4.78 is 32.1. The van der Waals surface area contributed by atoms with Gasteiger partial charge in [-0.2, -0.15) is 0 Å². The minimum Gasteiger partial charge on any atom is -0.481 e. The summed E-state index contributed by atoms with van der Waals surface area (Å²) in [5.41, 5.74) is -0.652. The molecule has 1 unspecified atom stereocenters. The molecule has 1 atom stereocenters. The Morgan fingerprint density at radius 2 is 2.03 bits per heavy atom. The van der Waals surface area contributed by atoms with Crippen LogP contribution in [0.3, 0.4) is 0 Å². The van der Waals surface area contributed by atoms with E-state index in [9.17, 15) is 9.90 Å². The molecule has 200 valence electrons. The van der Waals surface area contributed by atoms with Gasteiger partial charge in [-0.05, 0) is 50.8 Å². The van der Waals surface area contributed by atoms with Gasteiger partial charge in [0.2, 0.25) is 5.88 Å². The van der Waals surface area contributed by atoms with Crippen molar-refractivity contribution in [2.24, 2.45) is 0 Å². The molecule has 1 saturated carbocycles. The normalized spacial score (nSPS) is 25.8. The lowest BCUT2D eigenvalue weighted by atomic mass is 9.67. The van der Waals surface area contributed by atoms with Crippen LogP contribution >= 0.6 is 0 Å². The predicted molar refractivity (Wildman–Crippen MR) is 135 cm³/mol. The number of carbonyl (C=O) groups is 1. The highest BCUT2D eigenvalue weighted by Crippen LogP contribution is 2.49. The highest BCUT2D eigenvalue weighted by Gasteiger charge is 2.52. The van der Waals surface area contributed by atoms with E-state index in [1.54, 1.807) is 19.1 Å². The number of aliphatic hydroxyl groups is 1. The number of aromatic nitrogens is 3. The fourth-order valence-corrected chi connectivity index (χ4v) is 5.97. The van der Waals surface area contributed by atoms with E-state index in [4.69, 9.17) is 14.2 Å². The molecule has 11 heteroatoms. The number of amides is 1. The van der Waals surface area contributed by atoms with Gasteiger partial charge >= 0.3 is 0 Å². The summed E-state index contributed by atoms with van der Waals surface area (Å²) in [5, 5.41) is 18.0. The van der Waals surface area contributed by atoms with Crippen molar-refractivity contribution in [3.8, 4) is 11.6 Å². The number of pyridine rings is 3. The van der Waals surface area contributed by atoms with Crippen LogP contribution in [-0.2, 0) is 21.7 Å². The maximum absolute atomic E-state index is 15.1. The van der Waals surface area contributed by atoms with Gasteiger partial charge < -0.3 is 30.0 Å². The van der Waals surface area contributed by atoms with Gasteiger partial charge in [0.1, 0.15) is 11.3 Å². The molecule has 0 spiro atoms. The number of carbonyl (C=O) groups excluding carboxylic acids is 1. The molecule has 0 aromatic carbocycles. The van der Waals surface area contributed by atoms with E-state index >= 15 is 4.39 Å². The number of halogens is 1. The van der Waals surface area contributed by atoms with Crippen LogP contribution < -0.4 is 20.1 Å². The number of nitrogens with one attached hydrogen (secondary N) is 2. The summed E-state index contributed by atoms with van der Waals surface area (Å²) in [6, 6.07) is 7.05. The lowest BCUT2D eigenvalue weighted by molar-refractivity contribution is -0.189. The van der Waals surface area contributed by atoms with Gasteiger partial charge in [-0.15, -0.1) is 0 Å². The number of methoxy groups -OCH3 is 1. The molecule has 6 heterocycles. The van der Waals surface area contributed by atoms with Gasteiger partial charge in [-0.3, -0.25) is 9.78 Å². The third kappa shape index (κ3) is 4.44. The zero-order valence-electron chi connectivity index (χ0n) is 21.3. The topological polar surface area (TPSA) is 128 Å². The molecule has 3 aromatic rings. The smallest absolute Gasteiger partial charge is 0.263 e. The van der Waals surface area contributed by atoms with Gasteiger partial charge in [0, 0.05) is 30.1 Å². The fourth-order valence-electron chi connectivity index (χ4n) is 5.97. The molecule has 1 aliphatic carbocycles. The van der Waals surface area contributed by atoms with Crippen LogP contribution in [0.1, 0.15) is 50.3 Å². The van der Waals surface area contributed by atoms with Crippen LogP contribution in [0.25, 0.3) is 11.0 Å². The zero-order valence-corrected chi connectivity index (χ0v) is 21.3. The number of fused-ring (bicyclic) bond motifs is 5. The summed E-state index contributed by atoms with van der Waals surface area (Å²) >= 11 is 0.